The summed E-state index contributed by atoms with van der Waals surface area (Å²) in [5, 5.41) is 3.39. The fourth-order valence-corrected chi connectivity index (χ4v) is 3.57. The fourth-order valence-electron chi connectivity index (χ4n) is 3.57. The number of ether oxygens (including phenoxy) is 2. The summed E-state index contributed by atoms with van der Waals surface area (Å²) >= 11 is 0. The molecule has 1 N–H and O–H groups in total. The maximum atomic E-state index is 6.44. The Kier molecular flexibility index (Phi) is 7.00. The third kappa shape index (κ3) is 5.63. The predicted molar refractivity (Wildman–Crippen MR) is 121 cm³/mol. The van der Waals surface area contributed by atoms with Crippen molar-refractivity contribution in [2.24, 2.45) is 4.99 Å². The molecule has 4 rings (SSSR count). The number of hydrogen-bond donors (Lipinski definition) is 1. The minimum atomic E-state index is -0.0994. The lowest BCUT2D eigenvalue weighted by molar-refractivity contribution is 0.224. The number of benzene rings is 3. The Bertz CT molecular complexity index is 942. The molecule has 1 atom stereocenters. The number of rotatable bonds is 10. The molecule has 0 aliphatic carbocycles. The molecule has 0 radical (unpaired) electrons. The van der Waals surface area contributed by atoms with E-state index in [4.69, 9.17) is 9.47 Å². The lowest BCUT2D eigenvalue weighted by Gasteiger charge is -2.21. The largest absolute Gasteiger partial charge is 0.485 e. The van der Waals surface area contributed by atoms with Crippen LogP contribution in [0, 0.1) is 0 Å². The van der Waals surface area contributed by atoms with Crippen LogP contribution in [-0.4, -0.2) is 25.0 Å². The lowest BCUT2D eigenvalue weighted by Crippen LogP contribution is -2.36. The fraction of sp³-hybridized carbons (Fsp3) is 0.269. The van der Waals surface area contributed by atoms with Crippen LogP contribution in [0.2, 0.25) is 0 Å². The van der Waals surface area contributed by atoms with E-state index in [9.17, 15) is 0 Å². The van der Waals surface area contributed by atoms with E-state index in [-0.39, 0.29) is 6.10 Å². The van der Waals surface area contributed by atoms with Gasteiger partial charge in [-0.25, -0.2) is 0 Å². The zero-order valence-electron chi connectivity index (χ0n) is 17.2. The van der Waals surface area contributed by atoms with Crippen LogP contribution >= 0.6 is 0 Å². The van der Waals surface area contributed by atoms with Crippen molar-refractivity contribution in [1.29, 1.82) is 0 Å². The minimum absolute atomic E-state index is 0.0994. The first-order chi connectivity index (χ1) is 14.9. The SMILES string of the molecule is c1ccc(CCCC(Oc2ccccc2OCc2ccccc2)C2=NCCN2)cc1. The van der Waals surface area contributed by atoms with Gasteiger partial charge in [-0.15, -0.1) is 0 Å². The van der Waals surface area contributed by atoms with Crippen LogP contribution in [0.5, 0.6) is 11.5 Å². The molecule has 4 heteroatoms. The van der Waals surface area contributed by atoms with Crippen LogP contribution in [0.4, 0.5) is 0 Å². The van der Waals surface area contributed by atoms with E-state index in [0.29, 0.717) is 6.61 Å². The van der Waals surface area contributed by atoms with Gasteiger partial charge >= 0.3 is 0 Å². The first-order valence-corrected chi connectivity index (χ1v) is 10.6. The molecule has 0 aromatic heterocycles. The molecule has 3 aromatic rings. The Labute approximate surface area is 178 Å². The zero-order chi connectivity index (χ0) is 20.4. The van der Waals surface area contributed by atoms with Crippen molar-refractivity contribution >= 4 is 5.84 Å². The summed E-state index contributed by atoms with van der Waals surface area (Å²) in [5.74, 6) is 2.46. The van der Waals surface area contributed by atoms with Crippen molar-refractivity contribution in [3.8, 4) is 11.5 Å². The number of amidine groups is 1. The zero-order valence-corrected chi connectivity index (χ0v) is 17.2. The molecule has 3 aromatic carbocycles. The van der Waals surface area contributed by atoms with Crippen LogP contribution in [-0.2, 0) is 13.0 Å². The average Bonchev–Trinajstić information content (AvgIpc) is 3.34. The molecule has 1 aliphatic rings. The summed E-state index contributed by atoms with van der Waals surface area (Å²) < 4.78 is 12.5. The third-order valence-electron chi connectivity index (χ3n) is 5.14. The molecule has 0 fully saturated rings. The number of hydrogen-bond acceptors (Lipinski definition) is 4. The van der Waals surface area contributed by atoms with Gasteiger partial charge in [0.25, 0.3) is 0 Å². The minimum Gasteiger partial charge on any atom is -0.485 e. The number of aliphatic imine (C=N–C) groups is 1. The summed E-state index contributed by atoms with van der Waals surface area (Å²) in [6.07, 6.45) is 2.86. The van der Waals surface area contributed by atoms with Crippen LogP contribution in [0.25, 0.3) is 0 Å². The van der Waals surface area contributed by atoms with Crippen LogP contribution < -0.4 is 14.8 Å². The van der Waals surface area contributed by atoms with Crippen molar-refractivity contribution in [1.82, 2.24) is 5.32 Å². The second-order valence-corrected chi connectivity index (χ2v) is 7.40. The van der Waals surface area contributed by atoms with Gasteiger partial charge in [-0.1, -0.05) is 72.8 Å². The molecular formula is C26H28N2O2. The number of nitrogens with zero attached hydrogens (tertiary/aromatic N) is 1. The molecule has 0 amide bonds. The molecule has 0 spiro atoms. The normalized spacial score (nSPS) is 13.9. The van der Waals surface area contributed by atoms with Gasteiger partial charge in [0.2, 0.25) is 0 Å². The molecule has 4 nitrogen and oxygen atoms in total. The monoisotopic (exact) mass is 400 g/mol. The molecule has 30 heavy (non-hydrogen) atoms. The lowest BCUT2D eigenvalue weighted by atomic mass is 10.1. The van der Waals surface area contributed by atoms with E-state index in [1.165, 1.54) is 5.56 Å². The molecule has 0 bridgehead atoms. The van der Waals surface area contributed by atoms with E-state index >= 15 is 0 Å². The number of para-hydroxylation sites is 2. The quantitative estimate of drug-likeness (QED) is 0.519. The molecule has 1 unspecified atom stereocenters. The van der Waals surface area contributed by atoms with Gasteiger partial charge in [-0.05, 0) is 42.5 Å². The summed E-state index contributed by atoms with van der Waals surface area (Å²) in [6, 6.07) is 28.7. The highest BCUT2D eigenvalue weighted by atomic mass is 16.5. The maximum Gasteiger partial charge on any atom is 0.162 e. The molecule has 1 aliphatic heterocycles. The van der Waals surface area contributed by atoms with Crippen molar-refractivity contribution in [2.45, 2.75) is 32.0 Å². The third-order valence-corrected chi connectivity index (χ3v) is 5.14. The highest BCUT2D eigenvalue weighted by molar-refractivity contribution is 5.88. The topological polar surface area (TPSA) is 42.9 Å². The molecule has 0 saturated heterocycles. The summed E-state index contributed by atoms with van der Waals surface area (Å²) in [5.41, 5.74) is 2.48. The van der Waals surface area contributed by atoms with E-state index in [1.54, 1.807) is 0 Å². The number of nitrogens with one attached hydrogen (secondary N) is 1. The molecule has 1 heterocycles. The van der Waals surface area contributed by atoms with Crippen molar-refractivity contribution < 1.29 is 9.47 Å². The Balaban J connectivity index is 1.42. The van der Waals surface area contributed by atoms with Gasteiger partial charge in [-0.3, -0.25) is 4.99 Å². The first kappa shape index (κ1) is 20.0. The predicted octanol–water partition coefficient (Wildman–Crippen LogP) is 5.04. The first-order valence-electron chi connectivity index (χ1n) is 10.6. The van der Waals surface area contributed by atoms with Crippen molar-refractivity contribution in [3.05, 3.63) is 96.1 Å². The van der Waals surface area contributed by atoms with Gasteiger partial charge in [0, 0.05) is 6.54 Å². The molecule has 0 saturated carbocycles. The summed E-state index contributed by atoms with van der Waals surface area (Å²) in [4.78, 5) is 4.62. The van der Waals surface area contributed by atoms with E-state index < -0.39 is 0 Å². The second kappa shape index (κ2) is 10.5. The van der Waals surface area contributed by atoms with Gasteiger partial charge in [0.15, 0.2) is 17.6 Å². The summed E-state index contributed by atoms with van der Waals surface area (Å²) in [6.45, 7) is 2.19. The smallest absolute Gasteiger partial charge is 0.162 e. The highest BCUT2D eigenvalue weighted by Crippen LogP contribution is 2.29. The Hall–Kier alpha value is -3.27. The highest BCUT2D eigenvalue weighted by Gasteiger charge is 2.22. The van der Waals surface area contributed by atoms with E-state index in [0.717, 1.165) is 55.3 Å². The summed E-state index contributed by atoms with van der Waals surface area (Å²) in [7, 11) is 0. The Morgan fingerprint density at radius 2 is 1.47 bits per heavy atom. The van der Waals surface area contributed by atoms with Crippen molar-refractivity contribution in [3.63, 3.8) is 0 Å². The maximum absolute atomic E-state index is 6.44. The van der Waals surface area contributed by atoms with Crippen LogP contribution in [0.3, 0.4) is 0 Å². The van der Waals surface area contributed by atoms with Crippen LogP contribution in [0.1, 0.15) is 24.0 Å². The second-order valence-electron chi connectivity index (χ2n) is 7.40. The molecule has 154 valence electrons. The number of aryl methyl sites for hydroxylation is 1. The van der Waals surface area contributed by atoms with E-state index in [2.05, 4.69) is 52.8 Å². The van der Waals surface area contributed by atoms with Gasteiger partial charge < -0.3 is 14.8 Å². The van der Waals surface area contributed by atoms with Crippen molar-refractivity contribution in [2.75, 3.05) is 13.1 Å². The molecular weight excluding hydrogens is 372 g/mol. The van der Waals surface area contributed by atoms with Gasteiger partial charge in [0.05, 0.1) is 6.54 Å². The standard InChI is InChI=1S/C26H28N2O2/c1-3-10-21(11-4-1)14-9-17-25(26-27-18-19-28-26)30-24-16-8-7-15-23(24)29-20-22-12-5-2-6-13-22/h1-8,10-13,15-16,25H,9,14,17-20H2,(H,27,28). The Morgan fingerprint density at radius 1 is 0.800 bits per heavy atom. The average molecular weight is 401 g/mol. The van der Waals surface area contributed by atoms with E-state index in [1.807, 2.05) is 42.5 Å². The Morgan fingerprint density at radius 3 is 2.17 bits per heavy atom. The van der Waals surface area contributed by atoms with Crippen LogP contribution in [0.15, 0.2) is 89.9 Å². The van der Waals surface area contributed by atoms with Gasteiger partial charge in [0.1, 0.15) is 12.4 Å². The van der Waals surface area contributed by atoms with Gasteiger partial charge in [-0.2, -0.15) is 0 Å².